The van der Waals surface area contributed by atoms with Crippen LogP contribution in [0.15, 0.2) is 89.7 Å². The van der Waals surface area contributed by atoms with E-state index in [2.05, 4.69) is 20.2 Å². The van der Waals surface area contributed by atoms with Gasteiger partial charge in [0.25, 0.3) is 11.8 Å². The van der Waals surface area contributed by atoms with Crippen LogP contribution in [0.5, 0.6) is 5.75 Å². The molecule has 262 valence electrons. The Bertz CT molecular complexity index is 2060. The zero-order valence-electron chi connectivity index (χ0n) is 28.4. The Balaban J connectivity index is 1.47. The summed E-state index contributed by atoms with van der Waals surface area (Å²) in [6.45, 7) is 3.69. The predicted octanol–water partition coefficient (Wildman–Crippen LogP) is 4.80. The van der Waals surface area contributed by atoms with Crippen LogP contribution in [0.4, 0.5) is 0 Å². The molecule has 0 bridgehead atoms. The van der Waals surface area contributed by atoms with Crippen LogP contribution in [-0.2, 0) is 32.5 Å². The summed E-state index contributed by atoms with van der Waals surface area (Å²) in [5.41, 5.74) is 4.16. The quantitative estimate of drug-likeness (QED) is 0.140. The number of benzene rings is 3. The van der Waals surface area contributed by atoms with Crippen molar-refractivity contribution >= 4 is 38.6 Å². The summed E-state index contributed by atoms with van der Waals surface area (Å²) in [5, 5.41) is 7.38. The number of likely N-dealkylation sites (N-methyl/N-ethyl adjacent to an activating group) is 1. The van der Waals surface area contributed by atoms with E-state index in [1.54, 1.807) is 36.7 Å². The van der Waals surface area contributed by atoms with Crippen LogP contribution in [0.1, 0.15) is 46.8 Å². The minimum absolute atomic E-state index is 0.00375. The molecule has 13 heteroatoms. The standard InChI is InChI=1S/C37H41N5O7S/c1-5-6-17-50(46,47)41-35(43)32(22-28-23-38-31-10-8-7-9-30(28)31)40-36(44)33(20-25-11-13-26(14-12-25)34-15-16-39-49-34)42(3)37(45)27-18-24(2)19-29(21-27)48-4/h7-16,18-19,21,23,32-33,38H,5-6,17,20,22H2,1-4H3,(H,40,44)(H,41,43)/t32-,33-/m0/s1. The van der Waals surface area contributed by atoms with Gasteiger partial charge in [-0.3, -0.25) is 19.1 Å². The third kappa shape index (κ3) is 8.77. The number of carbonyl (C=O) groups excluding carboxylic acids is 3. The largest absolute Gasteiger partial charge is 0.497 e. The summed E-state index contributed by atoms with van der Waals surface area (Å²) < 4.78 is 38.4. The molecule has 12 nitrogen and oxygen atoms in total. The van der Waals surface area contributed by atoms with Gasteiger partial charge in [-0.05, 0) is 54.3 Å². The lowest BCUT2D eigenvalue weighted by atomic mass is 9.99. The highest BCUT2D eigenvalue weighted by molar-refractivity contribution is 7.90. The second kappa shape index (κ2) is 15.9. The number of ether oxygens (including phenoxy) is 1. The number of rotatable bonds is 15. The summed E-state index contributed by atoms with van der Waals surface area (Å²) in [6.07, 6.45) is 4.36. The summed E-state index contributed by atoms with van der Waals surface area (Å²) in [6, 6.07) is 19.2. The van der Waals surface area contributed by atoms with E-state index in [0.717, 1.165) is 27.6 Å². The molecule has 0 fully saturated rings. The highest BCUT2D eigenvalue weighted by Crippen LogP contribution is 2.23. The average Bonchev–Trinajstić information content (AvgIpc) is 3.79. The maximum absolute atomic E-state index is 14.3. The number of H-pyrrole nitrogens is 1. The van der Waals surface area contributed by atoms with Gasteiger partial charge in [0.1, 0.15) is 17.8 Å². The molecule has 0 aliphatic heterocycles. The summed E-state index contributed by atoms with van der Waals surface area (Å²) >= 11 is 0. The number of aromatic nitrogens is 2. The number of hydrogen-bond donors (Lipinski definition) is 3. The molecule has 0 unspecified atom stereocenters. The number of unbranched alkanes of at least 4 members (excludes halogenated alkanes) is 1. The molecule has 5 aromatic rings. The molecule has 3 N–H and O–H groups in total. The average molecular weight is 700 g/mol. The number of sulfonamides is 1. The van der Waals surface area contributed by atoms with Crippen LogP contribution in [0.3, 0.4) is 0 Å². The van der Waals surface area contributed by atoms with Crippen LogP contribution in [-0.4, -0.2) is 73.2 Å². The number of aryl methyl sites for hydroxylation is 1. The van der Waals surface area contributed by atoms with Crippen LogP contribution in [0, 0.1) is 6.92 Å². The molecule has 0 aliphatic carbocycles. The van der Waals surface area contributed by atoms with Crippen molar-refractivity contribution in [3.05, 3.63) is 107 Å². The van der Waals surface area contributed by atoms with Gasteiger partial charge in [0.15, 0.2) is 5.76 Å². The fourth-order valence-corrected chi connectivity index (χ4v) is 6.96. The van der Waals surface area contributed by atoms with Gasteiger partial charge in [-0.2, -0.15) is 0 Å². The second-order valence-electron chi connectivity index (χ2n) is 12.2. The highest BCUT2D eigenvalue weighted by atomic mass is 32.2. The maximum Gasteiger partial charge on any atom is 0.256 e. The van der Waals surface area contributed by atoms with Gasteiger partial charge in [0, 0.05) is 54.2 Å². The number of fused-ring (bicyclic) bond motifs is 1. The Hall–Kier alpha value is -5.43. The molecule has 0 radical (unpaired) electrons. The first-order valence-corrected chi connectivity index (χ1v) is 18.0. The number of carbonyl (C=O) groups is 3. The van der Waals surface area contributed by atoms with Crippen molar-refractivity contribution in [3.8, 4) is 17.1 Å². The van der Waals surface area contributed by atoms with Gasteiger partial charge in [-0.1, -0.05) is 61.0 Å². The lowest BCUT2D eigenvalue weighted by Crippen LogP contribution is -2.56. The normalized spacial score (nSPS) is 12.6. The third-order valence-electron chi connectivity index (χ3n) is 8.48. The molecule has 0 saturated carbocycles. The Morgan fingerprint density at radius 2 is 1.76 bits per heavy atom. The molecular weight excluding hydrogens is 659 g/mol. The molecule has 50 heavy (non-hydrogen) atoms. The zero-order chi connectivity index (χ0) is 35.8. The third-order valence-corrected chi connectivity index (χ3v) is 9.82. The van der Waals surface area contributed by atoms with E-state index in [1.165, 1.54) is 19.1 Å². The fourth-order valence-electron chi connectivity index (χ4n) is 5.74. The number of nitrogens with zero attached hydrogens (tertiary/aromatic N) is 2. The summed E-state index contributed by atoms with van der Waals surface area (Å²) in [5.74, 6) is -1.10. The van der Waals surface area contributed by atoms with E-state index < -0.39 is 39.8 Å². The number of nitrogens with one attached hydrogen (secondary N) is 3. The van der Waals surface area contributed by atoms with Crippen LogP contribution < -0.4 is 14.8 Å². The van der Waals surface area contributed by atoms with E-state index >= 15 is 0 Å². The van der Waals surface area contributed by atoms with Crippen LogP contribution in [0.2, 0.25) is 0 Å². The first-order valence-electron chi connectivity index (χ1n) is 16.3. The summed E-state index contributed by atoms with van der Waals surface area (Å²) in [7, 11) is -0.932. The Labute approximate surface area is 291 Å². The molecule has 3 aromatic carbocycles. The number of para-hydroxylation sites is 1. The van der Waals surface area contributed by atoms with Crippen molar-refractivity contribution in [1.29, 1.82) is 0 Å². The van der Waals surface area contributed by atoms with Crippen molar-refractivity contribution < 1.29 is 32.1 Å². The van der Waals surface area contributed by atoms with Gasteiger partial charge in [0.2, 0.25) is 15.9 Å². The van der Waals surface area contributed by atoms with Crippen LogP contribution >= 0.6 is 0 Å². The molecule has 3 amide bonds. The van der Waals surface area contributed by atoms with Gasteiger partial charge >= 0.3 is 0 Å². The maximum atomic E-state index is 14.3. The van der Waals surface area contributed by atoms with Gasteiger partial charge in [-0.25, -0.2) is 8.42 Å². The minimum atomic E-state index is -3.96. The molecular formula is C37H41N5O7S. The fraction of sp³-hybridized carbons (Fsp3) is 0.297. The lowest BCUT2D eigenvalue weighted by molar-refractivity contribution is -0.130. The smallest absolute Gasteiger partial charge is 0.256 e. The molecule has 5 rings (SSSR count). The van der Waals surface area contributed by atoms with Crippen molar-refractivity contribution in [2.75, 3.05) is 19.9 Å². The molecule has 0 spiro atoms. The Kier molecular flexibility index (Phi) is 11.4. The zero-order valence-corrected chi connectivity index (χ0v) is 29.3. The van der Waals surface area contributed by atoms with Crippen LogP contribution in [0.25, 0.3) is 22.2 Å². The Morgan fingerprint density at radius 1 is 1.00 bits per heavy atom. The van der Waals surface area contributed by atoms with Crippen molar-refractivity contribution in [2.24, 2.45) is 0 Å². The van der Waals surface area contributed by atoms with Crippen molar-refractivity contribution in [2.45, 2.75) is 51.6 Å². The monoisotopic (exact) mass is 699 g/mol. The van der Waals surface area contributed by atoms with Crippen molar-refractivity contribution in [1.82, 2.24) is 25.1 Å². The van der Waals surface area contributed by atoms with E-state index in [1.807, 2.05) is 62.4 Å². The minimum Gasteiger partial charge on any atom is -0.497 e. The first-order chi connectivity index (χ1) is 24.0. The number of aromatic amines is 1. The topological polar surface area (TPSA) is 164 Å². The Morgan fingerprint density at radius 3 is 2.46 bits per heavy atom. The first kappa shape index (κ1) is 35.9. The molecule has 2 aromatic heterocycles. The number of hydrogen-bond acceptors (Lipinski definition) is 8. The molecule has 2 heterocycles. The molecule has 0 aliphatic rings. The molecule has 2 atom stereocenters. The lowest BCUT2D eigenvalue weighted by Gasteiger charge is -2.29. The van der Waals surface area contributed by atoms with Gasteiger partial charge in [-0.15, -0.1) is 0 Å². The highest BCUT2D eigenvalue weighted by Gasteiger charge is 2.33. The van der Waals surface area contributed by atoms with Crippen molar-refractivity contribution in [3.63, 3.8) is 0 Å². The van der Waals surface area contributed by atoms with E-state index in [4.69, 9.17) is 9.26 Å². The van der Waals surface area contributed by atoms with Gasteiger partial charge in [0.05, 0.1) is 19.1 Å². The van der Waals surface area contributed by atoms with E-state index in [-0.39, 0.29) is 18.6 Å². The SMILES string of the molecule is CCCCS(=O)(=O)NC(=O)[C@H](Cc1c[nH]c2ccccc12)NC(=O)[C@H](Cc1ccc(-c2ccno2)cc1)N(C)C(=O)c1cc(C)cc(OC)c1. The number of methoxy groups -OCH3 is 1. The van der Waals surface area contributed by atoms with E-state index in [0.29, 0.717) is 35.5 Å². The number of amides is 3. The van der Waals surface area contributed by atoms with E-state index in [9.17, 15) is 22.8 Å². The summed E-state index contributed by atoms with van der Waals surface area (Å²) in [4.78, 5) is 46.4. The predicted molar refractivity (Wildman–Crippen MR) is 190 cm³/mol. The second-order valence-corrected chi connectivity index (χ2v) is 14.1. The van der Waals surface area contributed by atoms with Gasteiger partial charge < -0.3 is 24.5 Å². The molecule has 0 saturated heterocycles.